The minimum absolute atomic E-state index is 0.0485. The number of alkyl halides is 3. The molecule has 2 N–H and O–H groups in total. The van der Waals surface area contributed by atoms with Crippen molar-refractivity contribution in [2.24, 2.45) is 0 Å². The molecule has 0 heterocycles. The zero-order chi connectivity index (χ0) is 13.9. The second-order valence-corrected chi connectivity index (χ2v) is 3.73. The summed E-state index contributed by atoms with van der Waals surface area (Å²) >= 11 is 5.59. The smallest absolute Gasteiger partial charge is 0.471 e. The molecule has 98 valence electrons. The summed E-state index contributed by atoms with van der Waals surface area (Å²) in [5, 5.41) is 10.3. The fourth-order valence-corrected chi connectivity index (χ4v) is 1.39. The first kappa shape index (κ1) is 14.3. The van der Waals surface area contributed by atoms with Gasteiger partial charge in [-0.05, 0) is 17.7 Å². The zero-order valence-electron chi connectivity index (χ0n) is 8.66. The van der Waals surface area contributed by atoms with Gasteiger partial charge in [0.15, 0.2) is 6.04 Å². The number of carbonyl (C=O) groups excluding carboxylic acids is 1. The highest BCUT2D eigenvalue weighted by molar-refractivity contribution is 6.30. The van der Waals surface area contributed by atoms with Crippen molar-refractivity contribution >= 4 is 23.5 Å². The van der Waals surface area contributed by atoms with Gasteiger partial charge in [0.25, 0.3) is 0 Å². The topological polar surface area (TPSA) is 66.4 Å². The Morgan fingerprint density at radius 2 is 1.94 bits per heavy atom. The summed E-state index contributed by atoms with van der Waals surface area (Å²) in [6.07, 6.45) is -5.15. The highest BCUT2D eigenvalue weighted by Gasteiger charge is 2.41. The van der Waals surface area contributed by atoms with Crippen molar-refractivity contribution in [2.75, 3.05) is 0 Å². The molecule has 1 atom stereocenters. The third-order valence-corrected chi connectivity index (χ3v) is 2.20. The molecule has 0 aromatic heterocycles. The Balaban J connectivity index is 2.98. The van der Waals surface area contributed by atoms with Crippen LogP contribution in [0.15, 0.2) is 24.3 Å². The highest BCUT2D eigenvalue weighted by atomic mass is 35.5. The van der Waals surface area contributed by atoms with Crippen LogP contribution in [0.25, 0.3) is 0 Å². The van der Waals surface area contributed by atoms with E-state index in [1.165, 1.54) is 23.5 Å². The minimum atomic E-state index is -5.15. The summed E-state index contributed by atoms with van der Waals surface area (Å²) in [7, 11) is 0. The molecule has 18 heavy (non-hydrogen) atoms. The van der Waals surface area contributed by atoms with Gasteiger partial charge in [0, 0.05) is 5.02 Å². The number of benzene rings is 1. The first-order valence-electron chi connectivity index (χ1n) is 4.58. The Morgan fingerprint density at radius 1 is 1.33 bits per heavy atom. The molecule has 1 rings (SSSR count). The molecule has 0 fully saturated rings. The first-order chi connectivity index (χ1) is 8.21. The lowest BCUT2D eigenvalue weighted by Gasteiger charge is -2.16. The number of carbonyl (C=O) groups is 2. The van der Waals surface area contributed by atoms with Gasteiger partial charge in [0.05, 0.1) is 0 Å². The van der Waals surface area contributed by atoms with Crippen molar-refractivity contribution in [1.82, 2.24) is 5.32 Å². The van der Waals surface area contributed by atoms with E-state index in [0.717, 1.165) is 6.07 Å². The van der Waals surface area contributed by atoms with Crippen LogP contribution in [0.4, 0.5) is 13.2 Å². The molecule has 0 aliphatic heterocycles. The maximum absolute atomic E-state index is 12.0. The average molecular weight is 282 g/mol. The quantitative estimate of drug-likeness (QED) is 0.892. The molecular weight excluding hydrogens is 275 g/mol. The van der Waals surface area contributed by atoms with Crippen molar-refractivity contribution in [1.29, 1.82) is 0 Å². The molecular formula is C10H7ClF3NO3. The number of amides is 1. The summed E-state index contributed by atoms with van der Waals surface area (Å²) < 4.78 is 36.1. The molecule has 1 aromatic rings. The van der Waals surface area contributed by atoms with E-state index in [4.69, 9.17) is 16.7 Å². The predicted octanol–water partition coefficient (Wildman–Crippen LogP) is 2.14. The van der Waals surface area contributed by atoms with Crippen LogP contribution in [-0.4, -0.2) is 23.2 Å². The molecule has 0 bridgehead atoms. The van der Waals surface area contributed by atoms with Crippen molar-refractivity contribution in [3.8, 4) is 0 Å². The lowest BCUT2D eigenvalue weighted by atomic mass is 10.1. The van der Waals surface area contributed by atoms with Gasteiger partial charge in [-0.3, -0.25) is 4.79 Å². The third-order valence-electron chi connectivity index (χ3n) is 1.96. The van der Waals surface area contributed by atoms with Crippen molar-refractivity contribution in [2.45, 2.75) is 12.2 Å². The minimum Gasteiger partial charge on any atom is -0.479 e. The van der Waals surface area contributed by atoms with Crippen molar-refractivity contribution < 1.29 is 27.9 Å². The Kier molecular flexibility index (Phi) is 4.18. The zero-order valence-corrected chi connectivity index (χ0v) is 9.42. The van der Waals surface area contributed by atoms with Crippen LogP contribution in [0.3, 0.4) is 0 Å². The van der Waals surface area contributed by atoms with Gasteiger partial charge in [-0.2, -0.15) is 13.2 Å². The molecule has 4 nitrogen and oxygen atoms in total. The fourth-order valence-electron chi connectivity index (χ4n) is 1.19. The number of carboxylic acid groups (broad SMARTS) is 1. The van der Waals surface area contributed by atoms with Gasteiger partial charge in [-0.15, -0.1) is 0 Å². The largest absolute Gasteiger partial charge is 0.479 e. The van der Waals surface area contributed by atoms with E-state index in [1.807, 2.05) is 0 Å². The SMILES string of the molecule is O=C(O)C(NC(=O)C(F)(F)F)c1cccc(Cl)c1. The second kappa shape index (κ2) is 5.26. The van der Waals surface area contributed by atoms with Crippen LogP contribution in [0, 0.1) is 0 Å². The van der Waals surface area contributed by atoms with Crippen LogP contribution in [-0.2, 0) is 9.59 Å². The summed E-state index contributed by atoms with van der Waals surface area (Å²) in [5.41, 5.74) is -0.0485. The van der Waals surface area contributed by atoms with Crippen LogP contribution in [0.1, 0.15) is 11.6 Å². The lowest BCUT2D eigenvalue weighted by molar-refractivity contribution is -0.175. The van der Waals surface area contributed by atoms with Gasteiger partial charge in [0.2, 0.25) is 0 Å². The van der Waals surface area contributed by atoms with E-state index in [9.17, 15) is 22.8 Å². The second-order valence-electron chi connectivity index (χ2n) is 3.30. The van der Waals surface area contributed by atoms with Gasteiger partial charge < -0.3 is 10.4 Å². The highest BCUT2D eigenvalue weighted by Crippen LogP contribution is 2.21. The van der Waals surface area contributed by atoms with E-state index in [1.54, 1.807) is 0 Å². The fraction of sp³-hybridized carbons (Fsp3) is 0.200. The van der Waals surface area contributed by atoms with Crippen LogP contribution < -0.4 is 5.32 Å². The maximum Gasteiger partial charge on any atom is 0.471 e. The Hall–Kier alpha value is -1.76. The predicted molar refractivity (Wildman–Crippen MR) is 56.0 cm³/mol. The van der Waals surface area contributed by atoms with E-state index in [-0.39, 0.29) is 10.6 Å². The third kappa shape index (κ3) is 3.63. The average Bonchev–Trinajstić information content (AvgIpc) is 2.23. The summed E-state index contributed by atoms with van der Waals surface area (Å²) in [6.45, 7) is 0. The lowest BCUT2D eigenvalue weighted by Crippen LogP contribution is -2.41. The molecule has 0 saturated heterocycles. The van der Waals surface area contributed by atoms with E-state index >= 15 is 0 Å². The van der Waals surface area contributed by atoms with Crippen LogP contribution in [0.2, 0.25) is 5.02 Å². The Morgan fingerprint density at radius 3 is 2.39 bits per heavy atom. The molecule has 0 saturated carbocycles. The first-order valence-corrected chi connectivity index (χ1v) is 4.95. The molecule has 0 aliphatic carbocycles. The number of carboxylic acids is 1. The number of nitrogens with one attached hydrogen (secondary N) is 1. The summed E-state index contributed by atoms with van der Waals surface area (Å²) in [5.74, 6) is -3.94. The van der Waals surface area contributed by atoms with Gasteiger partial charge in [-0.1, -0.05) is 23.7 Å². The Bertz CT molecular complexity index is 476. The van der Waals surface area contributed by atoms with Crippen LogP contribution in [0.5, 0.6) is 0 Å². The summed E-state index contributed by atoms with van der Waals surface area (Å²) in [4.78, 5) is 21.6. The van der Waals surface area contributed by atoms with Gasteiger partial charge in [-0.25, -0.2) is 4.79 Å². The molecule has 1 aromatic carbocycles. The normalized spacial score (nSPS) is 12.9. The molecule has 0 radical (unpaired) electrons. The van der Waals surface area contributed by atoms with E-state index < -0.39 is 24.1 Å². The molecule has 1 unspecified atom stereocenters. The number of aliphatic carboxylic acids is 1. The standard InChI is InChI=1S/C10H7ClF3NO3/c11-6-3-1-2-5(4-6)7(8(16)17)15-9(18)10(12,13)14/h1-4,7H,(H,15,18)(H,16,17). The van der Waals surface area contributed by atoms with Gasteiger partial charge >= 0.3 is 18.1 Å². The number of hydrogen-bond donors (Lipinski definition) is 2. The molecule has 0 spiro atoms. The molecule has 1 amide bonds. The number of hydrogen-bond acceptors (Lipinski definition) is 2. The van der Waals surface area contributed by atoms with Crippen molar-refractivity contribution in [3.63, 3.8) is 0 Å². The number of rotatable bonds is 3. The molecule has 0 aliphatic rings. The van der Waals surface area contributed by atoms with Crippen molar-refractivity contribution in [3.05, 3.63) is 34.9 Å². The van der Waals surface area contributed by atoms with Crippen LogP contribution >= 0.6 is 11.6 Å². The number of halogens is 4. The summed E-state index contributed by atoms with van der Waals surface area (Å²) in [6, 6.07) is 3.40. The molecule has 8 heteroatoms. The Labute approximate surface area is 104 Å². The maximum atomic E-state index is 12.0. The van der Waals surface area contributed by atoms with Gasteiger partial charge in [0.1, 0.15) is 0 Å². The monoisotopic (exact) mass is 281 g/mol. The van der Waals surface area contributed by atoms with E-state index in [0.29, 0.717) is 0 Å². The van der Waals surface area contributed by atoms with E-state index in [2.05, 4.69) is 0 Å².